The maximum Gasteiger partial charge on any atom is 0.288 e. The molecule has 1 aromatic carbocycles. The van der Waals surface area contributed by atoms with E-state index in [1.807, 2.05) is 0 Å². The quantitative estimate of drug-likeness (QED) is 0.204. The monoisotopic (exact) mass is 218 g/mol. The highest BCUT2D eigenvalue weighted by Gasteiger charge is 2.12. The molecule has 0 radical (unpaired) electrons. The van der Waals surface area contributed by atoms with Crippen molar-refractivity contribution in [3.05, 3.63) is 44.3 Å². The first-order chi connectivity index (χ1) is 7.65. The highest BCUT2D eigenvalue weighted by Crippen LogP contribution is 2.22. The number of nitro groups is 1. The molecule has 0 saturated heterocycles. The molecule has 0 saturated carbocycles. The Morgan fingerprint density at radius 2 is 2.38 bits per heavy atom. The Morgan fingerprint density at radius 1 is 1.62 bits per heavy atom. The fourth-order valence-corrected chi connectivity index (χ4v) is 0.979. The first kappa shape index (κ1) is 11.4. The highest BCUT2D eigenvalue weighted by molar-refractivity contribution is 5.54. The summed E-state index contributed by atoms with van der Waals surface area (Å²) in [7, 11) is 0. The van der Waals surface area contributed by atoms with Gasteiger partial charge in [-0.15, -0.1) is 0 Å². The summed E-state index contributed by atoms with van der Waals surface area (Å²) in [6, 6.07) is 3.64. The predicted octanol–water partition coefficient (Wildman–Crippen LogP) is 1.96. The Morgan fingerprint density at radius 3 is 3.00 bits per heavy atom. The minimum atomic E-state index is -0.642. The van der Waals surface area contributed by atoms with Gasteiger partial charge in [-0.3, -0.25) is 10.1 Å². The molecule has 0 fully saturated rings. The van der Waals surface area contributed by atoms with Crippen LogP contribution >= 0.6 is 0 Å². The van der Waals surface area contributed by atoms with E-state index in [0.29, 0.717) is 0 Å². The van der Waals surface area contributed by atoms with E-state index in [-0.39, 0.29) is 23.5 Å². The van der Waals surface area contributed by atoms with Crippen LogP contribution in [0.3, 0.4) is 0 Å². The molecule has 1 rings (SSSR count). The van der Waals surface area contributed by atoms with Crippen LogP contribution in [0.15, 0.2) is 23.3 Å². The van der Waals surface area contributed by atoms with Crippen LogP contribution in [-0.4, -0.2) is 16.6 Å². The second-order valence-corrected chi connectivity index (χ2v) is 2.65. The van der Waals surface area contributed by atoms with E-state index in [2.05, 4.69) is 21.9 Å². The molecule has 0 aliphatic heterocycles. The van der Waals surface area contributed by atoms with Crippen molar-refractivity contribution in [3.63, 3.8) is 0 Å². The molecule has 0 amide bonds. The number of aromatic hydroxyl groups is 1. The van der Waals surface area contributed by atoms with E-state index in [1.54, 1.807) is 0 Å². The molecule has 0 aliphatic carbocycles. The van der Waals surface area contributed by atoms with Gasteiger partial charge in [0.2, 0.25) is 0 Å². The summed E-state index contributed by atoms with van der Waals surface area (Å²) < 4.78 is 0. The van der Waals surface area contributed by atoms with E-state index in [0.717, 1.165) is 6.07 Å². The molecule has 1 N–H and O–H groups in total. The van der Waals surface area contributed by atoms with Crippen LogP contribution in [0.25, 0.3) is 10.4 Å². The van der Waals surface area contributed by atoms with Gasteiger partial charge in [-0.25, -0.2) is 0 Å². The average molecular weight is 218 g/mol. The molecule has 0 aromatic heterocycles. The molecule has 80 valence electrons. The maximum atomic E-state index is 10.6. The second kappa shape index (κ2) is 5.24. The Labute approximate surface area is 90.1 Å². The Hall–Kier alpha value is -2.71. The summed E-state index contributed by atoms with van der Waals surface area (Å²) in [5, 5.41) is 22.9. The number of nitrogens with zero attached hydrogens (tertiary/aromatic N) is 4. The molecule has 0 unspecified atom stereocenters. The van der Waals surface area contributed by atoms with Gasteiger partial charge in [0.15, 0.2) is 0 Å². The predicted molar refractivity (Wildman–Crippen MR) is 55.7 cm³/mol. The van der Waals surface area contributed by atoms with E-state index < -0.39 is 4.92 Å². The zero-order valence-corrected chi connectivity index (χ0v) is 7.99. The number of hydrogen-bond donors (Lipinski definition) is 1. The third kappa shape index (κ3) is 2.90. The summed E-state index contributed by atoms with van der Waals surface area (Å²) in [5.41, 5.74) is 7.87. The van der Waals surface area contributed by atoms with Crippen molar-refractivity contribution in [2.75, 3.05) is 6.54 Å². The van der Waals surface area contributed by atoms with Gasteiger partial charge in [-0.1, -0.05) is 17.0 Å². The van der Waals surface area contributed by atoms with Crippen LogP contribution in [0.4, 0.5) is 5.69 Å². The number of rotatable bonds is 2. The maximum absolute atomic E-state index is 10.6. The molecular formula is C9H6N4O3. The van der Waals surface area contributed by atoms with Crippen molar-refractivity contribution in [1.82, 2.24) is 0 Å². The normalized spacial score (nSPS) is 8.50. The van der Waals surface area contributed by atoms with Crippen molar-refractivity contribution in [3.8, 4) is 17.6 Å². The van der Waals surface area contributed by atoms with Gasteiger partial charge in [0.25, 0.3) is 5.69 Å². The lowest BCUT2D eigenvalue weighted by atomic mass is 10.2. The summed E-state index contributed by atoms with van der Waals surface area (Å²) >= 11 is 0. The fraction of sp³-hybridized carbons (Fsp3) is 0.111. The minimum absolute atomic E-state index is 0.0610. The topological polar surface area (TPSA) is 112 Å². The number of benzene rings is 1. The van der Waals surface area contributed by atoms with Crippen molar-refractivity contribution >= 4 is 5.69 Å². The van der Waals surface area contributed by atoms with Crippen molar-refractivity contribution in [2.45, 2.75) is 0 Å². The van der Waals surface area contributed by atoms with Gasteiger partial charge in [-0.05, 0) is 17.7 Å². The van der Waals surface area contributed by atoms with Gasteiger partial charge in [0.1, 0.15) is 11.3 Å². The average Bonchev–Trinajstić information content (AvgIpc) is 2.26. The first-order valence-corrected chi connectivity index (χ1v) is 4.12. The third-order valence-electron chi connectivity index (χ3n) is 1.61. The highest BCUT2D eigenvalue weighted by atomic mass is 16.6. The third-order valence-corrected chi connectivity index (χ3v) is 1.61. The largest absolute Gasteiger partial charge is 0.508 e. The number of nitro benzene ring substituents is 1. The van der Waals surface area contributed by atoms with Gasteiger partial charge in [-0.2, -0.15) is 0 Å². The summed E-state index contributed by atoms with van der Waals surface area (Å²) in [4.78, 5) is 12.5. The number of phenolic OH excluding ortho intramolecular Hbond substituents is 1. The molecule has 0 bridgehead atoms. The van der Waals surface area contributed by atoms with Crippen molar-refractivity contribution in [1.29, 1.82) is 0 Å². The SMILES string of the molecule is [N-]=[N+]=NCC#Cc1ccc(O)cc1[N+](=O)[O-]. The minimum Gasteiger partial charge on any atom is -0.508 e. The van der Waals surface area contributed by atoms with Crippen molar-refractivity contribution < 1.29 is 10.0 Å². The first-order valence-electron chi connectivity index (χ1n) is 4.12. The van der Waals surface area contributed by atoms with Gasteiger partial charge in [0.05, 0.1) is 17.5 Å². The molecule has 0 atom stereocenters. The molecule has 16 heavy (non-hydrogen) atoms. The van der Waals surface area contributed by atoms with Crippen LogP contribution in [-0.2, 0) is 0 Å². The molecule has 7 nitrogen and oxygen atoms in total. The van der Waals surface area contributed by atoms with Crippen LogP contribution < -0.4 is 0 Å². The zero-order chi connectivity index (χ0) is 12.0. The summed E-state index contributed by atoms with van der Waals surface area (Å²) in [5.74, 6) is 4.75. The molecule has 0 aliphatic rings. The standard InChI is InChI=1S/C9H6N4O3/c10-12-11-5-1-2-7-3-4-8(14)6-9(7)13(15)16/h3-4,6,14H,5H2. The number of hydrogen-bond acceptors (Lipinski definition) is 4. The molecule has 7 heteroatoms. The van der Waals surface area contributed by atoms with Gasteiger partial charge < -0.3 is 5.11 Å². The Kier molecular flexibility index (Phi) is 3.72. The van der Waals surface area contributed by atoms with Crippen LogP contribution in [0.1, 0.15) is 5.56 Å². The molecule has 1 aromatic rings. The van der Waals surface area contributed by atoms with Crippen molar-refractivity contribution in [2.24, 2.45) is 5.11 Å². The summed E-state index contributed by atoms with van der Waals surface area (Å²) in [6.45, 7) is -0.0610. The Bertz CT molecular complexity index is 523. The molecule has 0 spiro atoms. The van der Waals surface area contributed by atoms with E-state index in [4.69, 9.17) is 10.6 Å². The van der Waals surface area contributed by atoms with Crippen LogP contribution in [0.2, 0.25) is 0 Å². The van der Waals surface area contributed by atoms with Gasteiger partial charge >= 0.3 is 0 Å². The van der Waals surface area contributed by atoms with E-state index >= 15 is 0 Å². The summed E-state index contributed by atoms with van der Waals surface area (Å²) in [6.07, 6.45) is 0. The lowest BCUT2D eigenvalue weighted by Crippen LogP contribution is -1.91. The lowest BCUT2D eigenvalue weighted by Gasteiger charge is -1.95. The second-order valence-electron chi connectivity index (χ2n) is 2.65. The van der Waals surface area contributed by atoms with E-state index in [1.165, 1.54) is 12.1 Å². The van der Waals surface area contributed by atoms with E-state index in [9.17, 15) is 10.1 Å². The lowest BCUT2D eigenvalue weighted by molar-refractivity contribution is -0.385. The van der Waals surface area contributed by atoms with Crippen LogP contribution in [0.5, 0.6) is 5.75 Å². The van der Waals surface area contributed by atoms with Gasteiger partial charge in [0, 0.05) is 4.91 Å². The van der Waals surface area contributed by atoms with Crippen LogP contribution in [0, 0.1) is 22.0 Å². The zero-order valence-electron chi connectivity index (χ0n) is 7.99. The smallest absolute Gasteiger partial charge is 0.288 e. The molecule has 0 heterocycles. The fourth-order valence-electron chi connectivity index (χ4n) is 0.979. The number of phenols is 1. The Balaban J connectivity index is 3.06. The molecular weight excluding hydrogens is 212 g/mol. The number of azide groups is 1.